The molecule has 33 heavy (non-hydrogen) atoms. The average Bonchev–Trinajstić information content (AvgIpc) is 2.84. The van der Waals surface area contributed by atoms with Crippen molar-refractivity contribution in [1.29, 1.82) is 0 Å². The first kappa shape index (κ1) is 23.5. The van der Waals surface area contributed by atoms with Crippen LogP contribution < -0.4 is 5.84 Å². The fourth-order valence-corrected chi connectivity index (χ4v) is 4.32. The van der Waals surface area contributed by atoms with Crippen LogP contribution >= 0.6 is 11.6 Å². The fraction of sp³-hybridized carbons (Fsp3) is 0.321. The van der Waals surface area contributed by atoms with E-state index in [1.165, 1.54) is 11.1 Å². The van der Waals surface area contributed by atoms with Crippen LogP contribution in [0.4, 0.5) is 0 Å². The molecule has 3 aromatic rings. The minimum absolute atomic E-state index is 0.619. The van der Waals surface area contributed by atoms with Crippen molar-refractivity contribution in [1.82, 2.24) is 14.9 Å². The molecule has 0 radical (unpaired) electrons. The summed E-state index contributed by atoms with van der Waals surface area (Å²) in [7, 11) is 2.22. The second-order valence-electron chi connectivity index (χ2n) is 8.74. The van der Waals surface area contributed by atoms with E-state index < -0.39 is 0 Å². The Balaban J connectivity index is 1.24. The van der Waals surface area contributed by atoms with E-state index in [1.807, 2.05) is 41.5 Å². The number of piperidine rings is 1. The van der Waals surface area contributed by atoms with Crippen molar-refractivity contribution in [2.45, 2.75) is 38.3 Å². The number of aryl methyl sites for hydroxylation is 1. The lowest BCUT2D eigenvalue weighted by molar-refractivity contribution is 0.124. The van der Waals surface area contributed by atoms with Gasteiger partial charge in [-0.3, -0.25) is 10.7 Å². The third-order valence-electron chi connectivity index (χ3n) is 6.27. The van der Waals surface area contributed by atoms with Crippen LogP contribution in [-0.4, -0.2) is 41.1 Å². The zero-order chi connectivity index (χ0) is 23.0. The van der Waals surface area contributed by atoms with Gasteiger partial charge in [-0.05, 0) is 67.1 Å². The summed E-state index contributed by atoms with van der Waals surface area (Å²) in [5.74, 6) is 12.3. The van der Waals surface area contributed by atoms with Crippen molar-refractivity contribution >= 4 is 11.6 Å². The molecule has 1 aromatic heterocycles. The van der Waals surface area contributed by atoms with E-state index in [-0.39, 0.29) is 0 Å². The molecule has 0 saturated carbocycles. The quantitative estimate of drug-likeness (QED) is 0.409. The van der Waals surface area contributed by atoms with Crippen molar-refractivity contribution in [3.63, 3.8) is 0 Å². The lowest BCUT2D eigenvalue weighted by atomic mass is 10.0. The van der Waals surface area contributed by atoms with E-state index in [2.05, 4.69) is 59.1 Å². The van der Waals surface area contributed by atoms with Crippen LogP contribution in [0.3, 0.4) is 0 Å². The molecular weight excluding hydrogens is 428 g/mol. The van der Waals surface area contributed by atoms with Crippen LogP contribution in [0.25, 0.3) is 11.1 Å². The van der Waals surface area contributed by atoms with E-state index in [0.717, 1.165) is 67.2 Å². The van der Waals surface area contributed by atoms with E-state index in [0.29, 0.717) is 6.04 Å². The SMILES string of the molecule is CN(Cc1ccc(CCC#Cc2ccc(-c3ccc(Cl)cc3)cn2)cc1)C1CCN(N)CC1. The number of pyridine rings is 1. The molecule has 0 aliphatic carbocycles. The van der Waals surface area contributed by atoms with Crippen LogP contribution in [-0.2, 0) is 13.0 Å². The molecule has 0 bridgehead atoms. The van der Waals surface area contributed by atoms with Gasteiger partial charge in [-0.15, -0.1) is 0 Å². The standard InChI is InChI=1S/C28H31ClN4/c1-32(28-16-18-33(30)19-17-28)21-23-8-6-22(7-9-23)4-2-3-5-27-15-12-25(20-31-27)24-10-13-26(29)14-11-24/h6-15,20,28H,2,4,16-19,21,30H2,1H3. The van der Waals surface area contributed by atoms with Crippen molar-refractivity contribution in [3.8, 4) is 23.0 Å². The van der Waals surface area contributed by atoms with Gasteiger partial charge in [0.25, 0.3) is 0 Å². The smallest absolute Gasteiger partial charge is 0.113 e. The number of hydrogen-bond acceptors (Lipinski definition) is 4. The third-order valence-corrected chi connectivity index (χ3v) is 6.53. The van der Waals surface area contributed by atoms with Crippen LogP contribution in [0, 0.1) is 11.8 Å². The maximum atomic E-state index is 5.96. The molecule has 2 heterocycles. The maximum Gasteiger partial charge on any atom is 0.113 e. The molecule has 4 nitrogen and oxygen atoms in total. The lowest BCUT2D eigenvalue weighted by Gasteiger charge is -2.34. The number of hydrazine groups is 1. The molecule has 1 aliphatic rings. The van der Waals surface area contributed by atoms with Crippen LogP contribution in [0.1, 0.15) is 36.1 Å². The Kier molecular flexibility index (Phi) is 8.15. The van der Waals surface area contributed by atoms with Crippen molar-refractivity contribution in [2.75, 3.05) is 20.1 Å². The Labute approximate surface area is 202 Å². The van der Waals surface area contributed by atoms with Gasteiger partial charge in [0.2, 0.25) is 0 Å². The molecule has 1 aliphatic heterocycles. The number of aromatic nitrogens is 1. The first-order valence-corrected chi connectivity index (χ1v) is 11.9. The molecule has 170 valence electrons. The van der Waals surface area contributed by atoms with E-state index >= 15 is 0 Å². The molecule has 0 unspecified atom stereocenters. The highest BCUT2D eigenvalue weighted by molar-refractivity contribution is 6.30. The van der Waals surface area contributed by atoms with Gasteiger partial charge in [-0.1, -0.05) is 60.0 Å². The average molecular weight is 459 g/mol. The Hall–Kier alpha value is -2.68. The third kappa shape index (κ3) is 6.90. The van der Waals surface area contributed by atoms with E-state index in [1.54, 1.807) is 0 Å². The molecule has 2 aromatic carbocycles. The zero-order valence-electron chi connectivity index (χ0n) is 19.2. The highest BCUT2D eigenvalue weighted by atomic mass is 35.5. The Bertz CT molecular complexity index is 1070. The number of hydrogen-bond donors (Lipinski definition) is 1. The summed E-state index contributed by atoms with van der Waals surface area (Å²) in [5.41, 5.74) is 5.63. The number of benzene rings is 2. The first-order chi connectivity index (χ1) is 16.1. The minimum atomic E-state index is 0.619. The Morgan fingerprint density at radius 3 is 2.30 bits per heavy atom. The molecular formula is C28H31ClN4. The summed E-state index contributed by atoms with van der Waals surface area (Å²) in [6, 6.07) is 21.4. The number of nitrogens with two attached hydrogens (primary N) is 1. The molecule has 0 amide bonds. The van der Waals surface area contributed by atoms with Crippen LogP contribution in [0.5, 0.6) is 0 Å². The highest BCUT2D eigenvalue weighted by Gasteiger charge is 2.20. The molecule has 2 N–H and O–H groups in total. The molecule has 5 heteroatoms. The van der Waals surface area contributed by atoms with Gasteiger partial charge in [-0.25, -0.2) is 9.99 Å². The van der Waals surface area contributed by atoms with E-state index in [9.17, 15) is 0 Å². The maximum absolute atomic E-state index is 5.96. The normalized spacial score (nSPS) is 14.8. The monoisotopic (exact) mass is 458 g/mol. The topological polar surface area (TPSA) is 45.4 Å². The summed E-state index contributed by atoms with van der Waals surface area (Å²) in [4.78, 5) is 6.94. The van der Waals surface area contributed by atoms with Gasteiger partial charge in [0.05, 0.1) is 0 Å². The minimum Gasteiger partial charge on any atom is -0.299 e. The van der Waals surface area contributed by atoms with Gasteiger partial charge < -0.3 is 0 Å². The first-order valence-electron chi connectivity index (χ1n) is 11.6. The van der Waals surface area contributed by atoms with Gasteiger partial charge in [0.1, 0.15) is 5.69 Å². The largest absolute Gasteiger partial charge is 0.299 e. The highest BCUT2D eigenvalue weighted by Crippen LogP contribution is 2.21. The fourth-order valence-electron chi connectivity index (χ4n) is 4.20. The predicted octanol–water partition coefficient (Wildman–Crippen LogP) is 5.16. The lowest BCUT2D eigenvalue weighted by Crippen LogP contribution is -2.45. The van der Waals surface area contributed by atoms with Gasteiger partial charge in [0.15, 0.2) is 0 Å². The van der Waals surface area contributed by atoms with Crippen molar-refractivity contribution < 1.29 is 0 Å². The second kappa shape index (κ2) is 11.4. The molecule has 0 atom stereocenters. The summed E-state index contributed by atoms with van der Waals surface area (Å²) < 4.78 is 0. The summed E-state index contributed by atoms with van der Waals surface area (Å²) in [6.45, 7) is 2.95. The molecule has 1 fully saturated rings. The molecule has 4 rings (SSSR count). The number of halogens is 1. The Morgan fingerprint density at radius 1 is 0.970 bits per heavy atom. The van der Waals surface area contributed by atoms with Gasteiger partial charge >= 0.3 is 0 Å². The van der Waals surface area contributed by atoms with Crippen molar-refractivity contribution in [3.05, 3.63) is 88.7 Å². The van der Waals surface area contributed by atoms with Gasteiger partial charge in [0, 0.05) is 48.9 Å². The van der Waals surface area contributed by atoms with Crippen LogP contribution in [0.15, 0.2) is 66.9 Å². The van der Waals surface area contributed by atoms with Gasteiger partial charge in [-0.2, -0.15) is 0 Å². The van der Waals surface area contributed by atoms with E-state index in [4.69, 9.17) is 17.4 Å². The molecule has 1 saturated heterocycles. The van der Waals surface area contributed by atoms with Crippen molar-refractivity contribution in [2.24, 2.45) is 5.84 Å². The summed E-state index contributed by atoms with van der Waals surface area (Å²) in [6.07, 6.45) is 5.91. The number of rotatable bonds is 6. The Morgan fingerprint density at radius 2 is 1.64 bits per heavy atom. The predicted molar refractivity (Wildman–Crippen MR) is 137 cm³/mol. The van der Waals surface area contributed by atoms with Crippen LogP contribution in [0.2, 0.25) is 5.02 Å². The zero-order valence-corrected chi connectivity index (χ0v) is 19.9. The summed E-state index contributed by atoms with van der Waals surface area (Å²) >= 11 is 5.96. The summed E-state index contributed by atoms with van der Waals surface area (Å²) in [5, 5.41) is 2.66. The number of nitrogens with zero attached hydrogens (tertiary/aromatic N) is 3. The molecule has 0 spiro atoms. The second-order valence-corrected chi connectivity index (χ2v) is 9.18.